The van der Waals surface area contributed by atoms with Gasteiger partial charge in [0.2, 0.25) is 0 Å². The van der Waals surface area contributed by atoms with Crippen LogP contribution in [-0.2, 0) is 6.54 Å². The Labute approximate surface area is 148 Å². The molecule has 6 heteroatoms. The van der Waals surface area contributed by atoms with Crippen LogP contribution in [0.3, 0.4) is 0 Å². The number of hydrogen-bond acceptors (Lipinski definition) is 5. The zero-order valence-electron chi connectivity index (χ0n) is 14.9. The van der Waals surface area contributed by atoms with Gasteiger partial charge in [-0.1, -0.05) is 37.3 Å². The summed E-state index contributed by atoms with van der Waals surface area (Å²) in [6.07, 6.45) is 0. The zero-order chi connectivity index (χ0) is 17.6. The summed E-state index contributed by atoms with van der Waals surface area (Å²) < 4.78 is 0. The Balaban J connectivity index is 1.67. The quantitative estimate of drug-likeness (QED) is 0.905. The van der Waals surface area contributed by atoms with Gasteiger partial charge in [0.15, 0.2) is 0 Å². The molecule has 0 saturated carbocycles. The molecule has 0 atom stereocenters. The van der Waals surface area contributed by atoms with E-state index in [2.05, 4.69) is 39.2 Å². The maximum absolute atomic E-state index is 12.8. The van der Waals surface area contributed by atoms with Gasteiger partial charge in [-0.15, -0.1) is 0 Å². The van der Waals surface area contributed by atoms with Crippen LogP contribution in [0.2, 0.25) is 0 Å². The normalized spacial score (nSPS) is 15.2. The summed E-state index contributed by atoms with van der Waals surface area (Å²) in [5, 5.41) is 3.29. The summed E-state index contributed by atoms with van der Waals surface area (Å²) in [7, 11) is 0. The maximum atomic E-state index is 12.8. The first-order valence-electron chi connectivity index (χ1n) is 8.81. The average molecular weight is 339 g/mol. The Hall–Kier alpha value is -2.47. The zero-order valence-corrected chi connectivity index (χ0v) is 14.9. The van der Waals surface area contributed by atoms with E-state index < -0.39 is 0 Å². The lowest BCUT2D eigenvalue weighted by molar-refractivity contribution is 0.0637. The topological polar surface area (TPSA) is 61.4 Å². The Bertz CT molecular complexity index is 711. The van der Waals surface area contributed by atoms with Crippen molar-refractivity contribution in [3.8, 4) is 0 Å². The van der Waals surface area contributed by atoms with Gasteiger partial charge >= 0.3 is 0 Å². The molecule has 1 aliphatic heterocycles. The number of piperazine rings is 1. The number of benzene rings is 1. The van der Waals surface area contributed by atoms with E-state index in [-0.39, 0.29) is 5.91 Å². The van der Waals surface area contributed by atoms with Gasteiger partial charge in [-0.2, -0.15) is 0 Å². The number of anilines is 1. The molecular formula is C19H25N5O. The molecule has 3 rings (SSSR count). The van der Waals surface area contributed by atoms with E-state index in [0.29, 0.717) is 23.9 Å². The van der Waals surface area contributed by atoms with Gasteiger partial charge in [-0.25, -0.2) is 9.97 Å². The molecule has 1 aromatic heterocycles. The predicted molar refractivity (Wildman–Crippen MR) is 98.6 cm³/mol. The molecule has 1 amide bonds. The number of nitrogens with zero attached hydrogens (tertiary/aromatic N) is 4. The smallest absolute Gasteiger partial charge is 0.272 e. The number of carbonyl (C=O) groups excluding carboxylic acids is 1. The van der Waals surface area contributed by atoms with E-state index in [1.165, 1.54) is 5.56 Å². The van der Waals surface area contributed by atoms with E-state index in [4.69, 9.17) is 0 Å². The molecule has 1 N–H and O–H groups in total. The molecule has 0 spiro atoms. The highest BCUT2D eigenvalue weighted by Gasteiger charge is 2.22. The molecule has 6 nitrogen and oxygen atoms in total. The molecule has 0 aliphatic carbocycles. The predicted octanol–water partition coefficient (Wildman–Crippen LogP) is 2.17. The number of rotatable bonds is 5. The molecule has 2 heterocycles. The molecule has 0 radical (unpaired) electrons. The highest BCUT2D eigenvalue weighted by Crippen LogP contribution is 2.12. The first-order chi connectivity index (χ1) is 12.2. The third-order valence-corrected chi connectivity index (χ3v) is 4.48. The lowest BCUT2D eigenvalue weighted by atomic mass is 10.2. The minimum absolute atomic E-state index is 0.0102. The van der Waals surface area contributed by atoms with Crippen LogP contribution in [0.25, 0.3) is 0 Å². The minimum Gasteiger partial charge on any atom is -0.366 e. The molecule has 0 bridgehead atoms. The van der Waals surface area contributed by atoms with Gasteiger partial charge < -0.3 is 15.1 Å². The van der Waals surface area contributed by atoms with E-state index in [1.54, 1.807) is 6.07 Å². The fraction of sp³-hybridized carbons (Fsp3) is 0.421. The number of aryl methyl sites for hydroxylation is 1. The average Bonchev–Trinajstić information content (AvgIpc) is 2.66. The first kappa shape index (κ1) is 17.4. The summed E-state index contributed by atoms with van der Waals surface area (Å²) in [6, 6.07) is 11.9. The van der Waals surface area contributed by atoms with Crippen molar-refractivity contribution in [2.45, 2.75) is 20.4 Å². The number of aromatic nitrogens is 2. The third-order valence-electron chi connectivity index (χ3n) is 4.48. The molecule has 0 unspecified atom stereocenters. The second-order valence-corrected chi connectivity index (χ2v) is 6.25. The van der Waals surface area contributed by atoms with Crippen molar-refractivity contribution in [1.82, 2.24) is 19.8 Å². The van der Waals surface area contributed by atoms with Crippen LogP contribution >= 0.6 is 0 Å². The van der Waals surface area contributed by atoms with Crippen LogP contribution in [0.4, 0.5) is 5.82 Å². The number of amides is 1. The van der Waals surface area contributed by atoms with Crippen molar-refractivity contribution in [3.63, 3.8) is 0 Å². The monoisotopic (exact) mass is 339 g/mol. The van der Waals surface area contributed by atoms with Crippen LogP contribution in [0.15, 0.2) is 36.4 Å². The van der Waals surface area contributed by atoms with Gasteiger partial charge in [-0.05, 0) is 19.0 Å². The summed E-state index contributed by atoms with van der Waals surface area (Å²) in [5.41, 5.74) is 1.63. The highest BCUT2D eigenvalue weighted by molar-refractivity contribution is 5.93. The van der Waals surface area contributed by atoms with Crippen LogP contribution < -0.4 is 5.32 Å². The first-order valence-corrected chi connectivity index (χ1v) is 8.81. The standard InChI is InChI=1S/C19H25N5O/c1-3-23-9-11-24(12-10-23)19(25)17-13-18(22-15(2)21-17)20-14-16-7-5-4-6-8-16/h4-8,13H,3,9-12,14H2,1-2H3,(H,20,21,22). The van der Waals surface area contributed by atoms with Gasteiger partial charge in [-0.3, -0.25) is 4.79 Å². The van der Waals surface area contributed by atoms with Gasteiger partial charge in [0.1, 0.15) is 17.3 Å². The van der Waals surface area contributed by atoms with Gasteiger partial charge in [0.25, 0.3) is 5.91 Å². The number of carbonyl (C=O) groups is 1. The van der Waals surface area contributed by atoms with Crippen LogP contribution in [0, 0.1) is 6.92 Å². The Morgan fingerprint density at radius 1 is 1.12 bits per heavy atom. The summed E-state index contributed by atoms with van der Waals surface area (Å²) >= 11 is 0. The van der Waals surface area contributed by atoms with Gasteiger partial charge in [0.05, 0.1) is 0 Å². The number of likely N-dealkylation sites (N-methyl/N-ethyl adjacent to an activating group) is 1. The fourth-order valence-electron chi connectivity index (χ4n) is 2.99. The molecule has 2 aromatic rings. The molecule has 1 fully saturated rings. The molecular weight excluding hydrogens is 314 g/mol. The van der Waals surface area contributed by atoms with Gasteiger partial charge in [0, 0.05) is 38.8 Å². The Morgan fingerprint density at radius 3 is 2.52 bits per heavy atom. The molecule has 1 aromatic carbocycles. The summed E-state index contributed by atoms with van der Waals surface area (Å²) in [6.45, 7) is 9.01. The number of hydrogen-bond donors (Lipinski definition) is 1. The van der Waals surface area contributed by atoms with E-state index in [0.717, 1.165) is 32.7 Å². The van der Waals surface area contributed by atoms with Crippen molar-refractivity contribution in [2.24, 2.45) is 0 Å². The van der Waals surface area contributed by atoms with Crippen molar-refractivity contribution >= 4 is 11.7 Å². The van der Waals surface area contributed by atoms with E-state index in [9.17, 15) is 4.79 Å². The van der Waals surface area contributed by atoms with Crippen molar-refractivity contribution in [2.75, 3.05) is 38.0 Å². The Morgan fingerprint density at radius 2 is 1.84 bits per heavy atom. The van der Waals surface area contributed by atoms with Crippen molar-refractivity contribution in [3.05, 3.63) is 53.5 Å². The second-order valence-electron chi connectivity index (χ2n) is 6.25. The number of nitrogens with one attached hydrogen (secondary N) is 1. The van der Waals surface area contributed by atoms with Crippen LogP contribution in [0.5, 0.6) is 0 Å². The van der Waals surface area contributed by atoms with Crippen LogP contribution in [-0.4, -0.2) is 58.4 Å². The third kappa shape index (κ3) is 4.54. The van der Waals surface area contributed by atoms with Crippen molar-refractivity contribution in [1.29, 1.82) is 0 Å². The molecule has 25 heavy (non-hydrogen) atoms. The second kappa shape index (κ2) is 8.07. The SMILES string of the molecule is CCN1CCN(C(=O)c2cc(NCc3ccccc3)nc(C)n2)CC1. The van der Waals surface area contributed by atoms with Crippen molar-refractivity contribution < 1.29 is 4.79 Å². The van der Waals surface area contributed by atoms with E-state index in [1.807, 2.05) is 30.0 Å². The molecule has 1 saturated heterocycles. The lowest BCUT2D eigenvalue weighted by Crippen LogP contribution is -2.48. The highest BCUT2D eigenvalue weighted by atomic mass is 16.2. The summed E-state index contributed by atoms with van der Waals surface area (Å²) in [4.78, 5) is 25.7. The maximum Gasteiger partial charge on any atom is 0.272 e. The largest absolute Gasteiger partial charge is 0.366 e. The van der Waals surface area contributed by atoms with Crippen LogP contribution in [0.1, 0.15) is 28.8 Å². The fourth-order valence-corrected chi connectivity index (χ4v) is 2.99. The van der Waals surface area contributed by atoms with E-state index >= 15 is 0 Å². The summed E-state index contributed by atoms with van der Waals surface area (Å²) in [5.74, 6) is 1.28. The lowest BCUT2D eigenvalue weighted by Gasteiger charge is -2.33. The minimum atomic E-state index is -0.0102. The molecule has 1 aliphatic rings. The Kier molecular flexibility index (Phi) is 5.60. The molecule has 132 valence electrons.